The Morgan fingerprint density at radius 3 is 2.86 bits per heavy atom. The van der Waals surface area contributed by atoms with Crippen LogP contribution in [0.15, 0.2) is 0 Å². The van der Waals surface area contributed by atoms with E-state index >= 15 is 0 Å². The first-order valence-electron chi connectivity index (χ1n) is 8.25. The lowest BCUT2D eigenvalue weighted by Gasteiger charge is -2.36. The average molecular weight is 297 g/mol. The normalized spacial score (nSPS) is 37.4. The lowest BCUT2D eigenvalue weighted by Crippen LogP contribution is -2.50. The van der Waals surface area contributed by atoms with Gasteiger partial charge in [-0.25, -0.2) is 4.39 Å². The molecule has 0 spiro atoms. The first-order valence-corrected chi connectivity index (χ1v) is 8.25. The quantitative estimate of drug-likeness (QED) is 0.776. The molecule has 2 saturated heterocycles. The lowest BCUT2D eigenvalue weighted by atomic mass is 9.80. The summed E-state index contributed by atoms with van der Waals surface area (Å²) in [5.41, 5.74) is -1.67. The van der Waals surface area contributed by atoms with E-state index in [1.807, 2.05) is 0 Å². The van der Waals surface area contributed by atoms with Gasteiger partial charge < -0.3 is 14.4 Å². The van der Waals surface area contributed by atoms with E-state index in [-0.39, 0.29) is 11.3 Å². The summed E-state index contributed by atoms with van der Waals surface area (Å²) in [7, 11) is 0. The lowest BCUT2D eigenvalue weighted by molar-refractivity contribution is -0.149. The molecule has 1 amide bonds. The van der Waals surface area contributed by atoms with Crippen molar-refractivity contribution < 1.29 is 18.7 Å². The van der Waals surface area contributed by atoms with Crippen LogP contribution in [0.1, 0.15) is 32.1 Å². The van der Waals surface area contributed by atoms with Crippen LogP contribution in [0.4, 0.5) is 4.39 Å². The fourth-order valence-electron chi connectivity index (χ4n) is 3.89. The fraction of sp³-hybridized carbons (Fsp3) is 0.938. The minimum absolute atomic E-state index is 0.0926. The number of halogens is 1. The maximum absolute atomic E-state index is 14.4. The molecule has 2 aliphatic carbocycles. The van der Waals surface area contributed by atoms with E-state index < -0.39 is 5.67 Å². The number of carbonyl (C=O) groups is 1. The van der Waals surface area contributed by atoms with E-state index in [0.717, 1.165) is 18.9 Å². The Balaban J connectivity index is 1.40. The molecule has 0 aromatic carbocycles. The Bertz CT molecular complexity index is 435. The molecule has 0 radical (unpaired) electrons. The maximum Gasteiger partial charge on any atom is 0.260 e. The number of ether oxygens (including phenoxy) is 2. The molecule has 5 heteroatoms. The van der Waals surface area contributed by atoms with Gasteiger partial charge in [0.25, 0.3) is 5.91 Å². The van der Waals surface area contributed by atoms with Gasteiger partial charge in [-0.15, -0.1) is 0 Å². The Morgan fingerprint density at radius 1 is 1.38 bits per heavy atom. The third kappa shape index (κ3) is 2.38. The number of alkyl halides is 1. The van der Waals surface area contributed by atoms with Crippen molar-refractivity contribution in [1.82, 2.24) is 4.90 Å². The van der Waals surface area contributed by atoms with Crippen LogP contribution in [-0.4, -0.2) is 56.0 Å². The largest absolute Gasteiger partial charge is 0.380 e. The van der Waals surface area contributed by atoms with Crippen LogP contribution < -0.4 is 0 Å². The average Bonchev–Trinajstić information content (AvgIpc) is 3.05. The monoisotopic (exact) mass is 297 g/mol. The molecule has 4 nitrogen and oxygen atoms in total. The predicted octanol–water partition coefficient (Wildman–Crippen LogP) is 1.78. The molecule has 4 aliphatic rings. The predicted molar refractivity (Wildman–Crippen MR) is 74.6 cm³/mol. The topological polar surface area (TPSA) is 38.8 Å². The van der Waals surface area contributed by atoms with Gasteiger partial charge in [0.1, 0.15) is 0 Å². The zero-order chi connectivity index (χ0) is 14.5. The van der Waals surface area contributed by atoms with E-state index in [9.17, 15) is 9.18 Å². The summed E-state index contributed by atoms with van der Waals surface area (Å²) in [6.45, 7) is 4.04. The molecule has 0 aromatic heterocycles. The van der Waals surface area contributed by atoms with Crippen molar-refractivity contribution in [1.29, 1.82) is 0 Å². The summed E-state index contributed by atoms with van der Waals surface area (Å²) in [6, 6.07) is 0. The molecule has 4 rings (SSSR count). The van der Waals surface area contributed by atoms with Crippen molar-refractivity contribution in [3.63, 3.8) is 0 Å². The van der Waals surface area contributed by atoms with E-state index in [1.54, 1.807) is 4.90 Å². The van der Waals surface area contributed by atoms with Crippen molar-refractivity contribution in [2.75, 3.05) is 39.5 Å². The van der Waals surface area contributed by atoms with Crippen LogP contribution in [-0.2, 0) is 14.3 Å². The van der Waals surface area contributed by atoms with E-state index in [0.29, 0.717) is 51.7 Å². The first-order chi connectivity index (χ1) is 10.1. The number of hydrogen-bond acceptors (Lipinski definition) is 3. The van der Waals surface area contributed by atoms with Gasteiger partial charge in [-0.05, 0) is 38.0 Å². The third-order valence-corrected chi connectivity index (χ3v) is 5.78. The van der Waals surface area contributed by atoms with Crippen molar-refractivity contribution in [3.05, 3.63) is 0 Å². The highest BCUT2D eigenvalue weighted by Crippen LogP contribution is 2.45. The summed E-state index contributed by atoms with van der Waals surface area (Å²) < 4.78 is 25.9. The SMILES string of the molecule is O=C(N1C[C@@H]2COC[C@]2(COCC2CC2)C1)C1(F)CCC1. The Kier molecular flexibility index (Phi) is 3.26. The van der Waals surface area contributed by atoms with Crippen LogP contribution >= 0.6 is 0 Å². The highest BCUT2D eigenvalue weighted by molar-refractivity contribution is 5.86. The first kappa shape index (κ1) is 13.9. The van der Waals surface area contributed by atoms with Crippen molar-refractivity contribution in [2.45, 2.75) is 37.8 Å². The summed E-state index contributed by atoms with van der Waals surface area (Å²) >= 11 is 0. The number of hydrogen-bond donors (Lipinski definition) is 0. The van der Waals surface area contributed by atoms with Gasteiger partial charge in [0.2, 0.25) is 0 Å². The number of amides is 1. The fourth-order valence-corrected chi connectivity index (χ4v) is 3.89. The number of likely N-dealkylation sites (tertiary alicyclic amines) is 1. The van der Waals surface area contributed by atoms with Gasteiger partial charge in [0.15, 0.2) is 5.67 Å². The number of carbonyl (C=O) groups excluding carboxylic acids is 1. The maximum atomic E-state index is 14.4. The Morgan fingerprint density at radius 2 is 2.19 bits per heavy atom. The highest BCUT2D eigenvalue weighted by atomic mass is 19.1. The molecule has 21 heavy (non-hydrogen) atoms. The molecular formula is C16H24FNO3. The van der Waals surface area contributed by atoms with Crippen LogP contribution in [0, 0.1) is 17.3 Å². The zero-order valence-corrected chi connectivity index (χ0v) is 12.5. The second kappa shape index (κ2) is 4.92. The summed E-state index contributed by atoms with van der Waals surface area (Å²) in [6.07, 6.45) is 4.19. The number of nitrogens with zero attached hydrogens (tertiary/aromatic N) is 1. The number of fused-ring (bicyclic) bond motifs is 1. The van der Waals surface area contributed by atoms with Crippen LogP contribution in [0.3, 0.4) is 0 Å². The molecule has 0 bridgehead atoms. The molecule has 2 atom stereocenters. The van der Waals surface area contributed by atoms with Crippen molar-refractivity contribution in [2.24, 2.45) is 17.3 Å². The molecule has 0 aromatic rings. The van der Waals surface area contributed by atoms with Gasteiger partial charge in [-0.1, -0.05) is 0 Å². The highest BCUT2D eigenvalue weighted by Gasteiger charge is 2.56. The van der Waals surface area contributed by atoms with Crippen LogP contribution in [0.5, 0.6) is 0 Å². The molecule has 118 valence electrons. The van der Waals surface area contributed by atoms with E-state index in [4.69, 9.17) is 9.47 Å². The minimum Gasteiger partial charge on any atom is -0.380 e. The Hall–Kier alpha value is -0.680. The number of rotatable bonds is 5. The van der Waals surface area contributed by atoms with Crippen LogP contribution in [0.25, 0.3) is 0 Å². The minimum atomic E-state index is -1.57. The van der Waals surface area contributed by atoms with Crippen molar-refractivity contribution >= 4 is 5.91 Å². The molecule has 2 heterocycles. The van der Waals surface area contributed by atoms with E-state index in [2.05, 4.69) is 0 Å². The Labute approximate surface area is 125 Å². The summed E-state index contributed by atoms with van der Waals surface area (Å²) in [4.78, 5) is 14.1. The second-order valence-electron chi connectivity index (χ2n) is 7.54. The second-order valence-corrected chi connectivity index (χ2v) is 7.54. The smallest absolute Gasteiger partial charge is 0.260 e. The molecule has 0 unspecified atom stereocenters. The molecule has 2 saturated carbocycles. The molecule has 0 N–H and O–H groups in total. The van der Waals surface area contributed by atoms with Gasteiger partial charge in [0.05, 0.1) is 19.8 Å². The van der Waals surface area contributed by atoms with Gasteiger partial charge in [0, 0.05) is 31.0 Å². The van der Waals surface area contributed by atoms with Gasteiger partial charge in [-0.2, -0.15) is 0 Å². The summed E-state index contributed by atoms with van der Waals surface area (Å²) in [5.74, 6) is 0.763. The molecular weight excluding hydrogens is 273 g/mol. The molecule has 4 fully saturated rings. The van der Waals surface area contributed by atoms with E-state index in [1.165, 1.54) is 12.8 Å². The summed E-state index contributed by atoms with van der Waals surface area (Å²) in [5, 5.41) is 0. The van der Waals surface area contributed by atoms with Gasteiger partial charge in [-0.3, -0.25) is 4.79 Å². The zero-order valence-electron chi connectivity index (χ0n) is 12.5. The third-order valence-electron chi connectivity index (χ3n) is 5.78. The standard InChI is InChI=1S/C16H24FNO3/c17-16(4-1-5-16)14(19)18-6-13-8-21-11-15(13,9-18)10-20-7-12-2-3-12/h12-13H,1-11H2/t13-,15-/m1/s1. The van der Waals surface area contributed by atoms with Crippen molar-refractivity contribution in [3.8, 4) is 0 Å². The van der Waals surface area contributed by atoms with Gasteiger partial charge >= 0.3 is 0 Å². The molecule has 2 aliphatic heterocycles. The van der Waals surface area contributed by atoms with Crippen LogP contribution in [0.2, 0.25) is 0 Å².